The number of aryl methyl sites for hydroxylation is 1. The molecule has 0 aliphatic carbocycles. The van der Waals surface area contributed by atoms with Crippen molar-refractivity contribution in [2.24, 2.45) is 0 Å². The summed E-state index contributed by atoms with van der Waals surface area (Å²) in [5, 5.41) is 12.2. The lowest BCUT2D eigenvalue weighted by Crippen LogP contribution is -1.95. The molecule has 0 saturated heterocycles. The van der Waals surface area contributed by atoms with Crippen LogP contribution in [0.1, 0.15) is 16.3 Å². The van der Waals surface area contributed by atoms with Gasteiger partial charge in [0.15, 0.2) is 11.6 Å². The van der Waals surface area contributed by atoms with Crippen LogP contribution in [0.15, 0.2) is 10.7 Å². The van der Waals surface area contributed by atoms with Gasteiger partial charge in [-0.05, 0) is 6.92 Å². The second kappa shape index (κ2) is 2.95. The van der Waals surface area contributed by atoms with Crippen molar-refractivity contribution in [3.63, 3.8) is 0 Å². The molecule has 0 aromatic carbocycles. The summed E-state index contributed by atoms with van der Waals surface area (Å²) in [6.45, 7) is 1.66. The van der Waals surface area contributed by atoms with Gasteiger partial charge in [-0.25, -0.2) is 9.78 Å². The first kappa shape index (κ1) is 8.42. The molecule has 0 bridgehead atoms. The van der Waals surface area contributed by atoms with Crippen LogP contribution >= 0.6 is 0 Å². The maximum absolute atomic E-state index is 10.5. The molecule has 0 aliphatic heterocycles. The second-order valence-electron chi connectivity index (χ2n) is 2.60. The Morgan fingerprint density at radius 1 is 1.64 bits per heavy atom. The van der Waals surface area contributed by atoms with Gasteiger partial charge < -0.3 is 14.6 Å². The van der Waals surface area contributed by atoms with Crippen molar-refractivity contribution in [3.8, 4) is 11.7 Å². The van der Waals surface area contributed by atoms with Crippen molar-refractivity contribution in [1.82, 2.24) is 20.1 Å². The number of carbonyl (C=O) groups is 1. The molecule has 0 atom stereocenters. The van der Waals surface area contributed by atoms with Gasteiger partial charge in [-0.3, -0.25) is 0 Å². The summed E-state index contributed by atoms with van der Waals surface area (Å²) in [7, 11) is 0. The molecule has 2 heterocycles. The fourth-order valence-corrected chi connectivity index (χ4v) is 0.932. The van der Waals surface area contributed by atoms with E-state index >= 15 is 0 Å². The highest BCUT2D eigenvalue weighted by atomic mass is 16.5. The Labute approximate surface area is 77.8 Å². The van der Waals surface area contributed by atoms with Gasteiger partial charge in [0.25, 0.3) is 5.89 Å². The van der Waals surface area contributed by atoms with Gasteiger partial charge in [0.05, 0.1) is 6.20 Å². The number of aromatic amines is 1. The lowest BCUT2D eigenvalue weighted by Gasteiger charge is -1.85. The number of H-pyrrole nitrogens is 1. The van der Waals surface area contributed by atoms with Gasteiger partial charge in [-0.1, -0.05) is 5.16 Å². The molecular formula is C7H6N4O3. The molecule has 0 aliphatic rings. The van der Waals surface area contributed by atoms with Crippen LogP contribution in [0.3, 0.4) is 0 Å². The zero-order chi connectivity index (χ0) is 10.1. The molecule has 0 saturated carbocycles. The number of nitrogens with zero attached hydrogens (tertiary/aromatic N) is 3. The number of carboxylic acids is 1. The maximum Gasteiger partial charge on any atom is 0.353 e. The van der Waals surface area contributed by atoms with E-state index in [1.807, 2.05) is 0 Å². The monoisotopic (exact) mass is 194 g/mol. The van der Waals surface area contributed by atoms with E-state index < -0.39 is 5.97 Å². The molecule has 2 aromatic heterocycles. The fourth-order valence-electron chi connectivity index (χ4n) is 0.932. The van der Waals surface area contributed by atoms with Gasteiger partial charge in [-0.2, -0.15) is 4.98 Å². The molecule has 2 rings (SSSR count). The molecule has 14 heavy (non-hydrogen) atoms. The molecule has 0 spiro atoms. The molecule has 2 N–H and O–H groups in total. The first-order valence-electron chi connectivity index (χ1n) is 3.76. The normalized spacial score (nSPS) is 10.4. The van der Waals surface area contributed by atoms with Crippen molar-refractivity contribution in [2.45, 2.75) is 6.92 Å². The highest BCUT2D eigenvalue weighted by Gasteiger charge is 2.13. The highest BCUT2D eigenvalue weighted by molar-refractivity contribution is 5.85. The minimum absolute atomic E-state index is 0.0177. The van der Waals surface area contributed by atoms with Crippen LogP contribution in [0.4, 0.5) is 0 Å². The smallest absolute Gasteiger partial charge is 0.353 e. The predicted molar refractivity (Wildman–Crippen MR) is 43.6 cm³/mol. The number of imidazole rings is 1. The zero-order valence-electron chi connectivity index (χ0n) is 7.18. The average molecular weight is 194 g/mol. The first-order chi connectivity index (χ1) is 6.66. The number of carboxylic acid groups (broad SMARTS) is 1. The van der Waals surface area contributed by atoms with Crippen molar-refractivity contribution in [2.75, 3.05) is 0 Å². The summed E-state index contributed by atoms with van der Waals surface area (Å²) in [4.78, 5) is 20.7. The van der Waals surface area contributed by atoms with E-state index in [1.54, 1.807) is 6.92 Å². The summed E-state index contributed by atoms with van der Waals surface area (Å²) in [6, 6.07) is 0. The lowest BCUT2D eigenvalue weighted by molar-refractivity contribution is 0.0691. The van der Waals surface area contributed by atoms with Crippen LogP contribution in [-0.2, 0) is 0 Å². The largest absolute Gasteiger partial charge is 0.477 e. The Balaban J connectivity index is 2.38. The highest BCUT2D eigenvalue weighted by Crippen LogP contribution is 2.12. The van der Waals surface area contributed by atoms with Crippen LogP contribution in [-0.4, -0.2) is 31.2 Å². The van der Waals surface area contributed by atoms with Crippen LogP contribution in [0, 0.1) is 6.92 Å². The standard InChI is InChI=1S/C7H6N4O3/c1-3-9-6(14-11-3)5-8-2-4(10-5)7(12)13/h2H,1H3,(H,8,10)(H,12,13). The third-order valence-electron chi connectivity index (χ3n) is 1.54. The fraction of sp³-hybridized carbons (Fsp3) is 0.143. The number of hydrogen-bond acceptors (Lipinski definition) is 5. The number of aromatic carboxylic acids is 1. The van der Waals surface area contributed by atoms with Crippen LogP contribution in [0.5, 0.6) is 0 Å². The topological polar surface area (TPSA) is 105 Å². The first-order valence-corrected chi connectivity index (χ1v) is 3.76. The van der Waals surface area contributed by atoms with Crippen molar-refractivity contribution in [3.05, 3.63) is 17.7 Å². The van der Waals surface area contributed by atoms with Gasteiger partial charge in [0.1, 0.15) is 5.69 Å². The molecule has 7 nitrogen and oxygen atoms in total. The molecule has 72 valence electrons. The minimum Gasteiger partial charge on any atom is -0.477 e. The Bertz CT molecular complexity index is 473. The van der Waals surface area contributed by atoms with E-state index in [-0.39, 0.29) is 17.4 Å². The lowest BCUT2D eigenvalue weighted by atomic mass is 10.5. The van der Waals surface area contributed by atoms with E-state index in [4.69, 9.17) is 9.63 Å². The van der Waals surface area contributed by atoms with Crippen molar-refractivity contribution >= 4 is 5.97 Å². The second-order valence-corrected chi connectivity index (χ2v) is 2.60. The number of rotatable bonds is 2. The quantitative estimate of drug-likeness (QED) is 0.719. The summed E-state index contributed by atoms with van der Waals surface area (Å²) in [5.74, 6) is -0.189. The molecule has 2 aromatic rings. The third kappa shape index (κ3) is 1.35. The number of aromatic nitrogens is 4. The Morgan fingerprint density at radius 3 is 2.93 bits per heavy atom. The van der Waals surface area contributed by atoms with E-state index in [0.29, 0.717) is 5.82 Å². The van der Waals surface area contributed by atoms with Crippen LogP contribution in [0.25, 0.3) is 11.7 Å². The molecule has 0 amide bonds. The number of nitrogens with one attached hydrogen (secondary N) is 1. The van der Waals surface area contributed by atoms with Gasteiger partial charge in [-0.15, -0.1) is 0 Å². The van der Waals surface area contributed by atoms with E-state index in [0.717, 1.165) is 0 Å². The van der Waals surface area contributed by atoms with Crippen LogP contribution in [0.2, 0.25) is 0 Å². The van der Waals surface area contributed by atoms with Gasteiger partial charge in [0, 0.05) is 0 Å². The van der Waals surface area contributed by atoms with Gasteiger partial charge >= 0.3 is 5.97 Å². The summed E-state index contributed by atoms with van der Waals surface area (Å²) >= 11 is 0. The summed E-state index contributed by atoms with van der Waals surface area (Å²) in [6.07, 6.45) is 1.19. The zero-order valence-corrected chi connectivity index (χ0v) is 7.18. The van der Waals surface area contributed by atoms with Crippen molar-refractivity contribution < 1.29 is 14.4 Å². The minimum atomic E-state index is -1.08. The maximum atomic E-state index is 10.5. The Hall–Kier alpha value is -2.18. The Morgan fingerprint density at radius 2 is 2.43 bits per heavy atom. The van der Waals surface area contributed by atoms with E-state index in [2.05, 4.69) is 20.1 Å². The van der Waals surface area contributed by atoms with E-state index in [9.17, 15) is 4.79 Å². The average Bonchev–Trinajstić information content (AvgIpc) is 2.70. The molecule has 7 heteroatoms. The third-order valence-corrected chi connectivity index (χ3v) is 1.54. The van der Waals surface area contributed by atoms with E-state index in [1.165, 1.54) is 6.20 Å². The predicted octanol–water partition coefficient (Wildman–Crippen LogP) is 0.466. The van der Waals surface area contributed by atoms with Crippen molar-refractivity contribution in [1.29, 1.82) is 0 Å². The molecule has 0 radical (unpaired) electrons. The summed E-state index contributed by atoms with van der Waals surface area (Å²) < 4.78 is 4.80. The molecular weight excluding hydrogens is 188 g/mol. The van der Waals surface area contributed by atoms with Crippen LogP contribution < -0.4 is 0 Å². The Kier molecular flexibility index (Phi) is 1.77. The number of hydrogen-bond donors (Lipinski definition) is 2. The summed E-state index contributed by atoms with van der Waals surface area (Å²) in [5.41, 5.74) is -0.0177. The van der Waals surface area contributed by atoms with Gasteiger partial charge in [0.2, 0.25) is 0 Å². The molecule has 0 unspecified atom stereocenters. The SMILES string of the molecule is Cc1noc(-c2ncc(C(=O)O)[nH]2)n1. The molecule has 0 fully saturated rings.